The number of methoxy groups -OCH3 is 1. The highest BCUT2D eigenvalue weighted by molar-refractivity contribution is 5.90. The van der Waals surface area contributed by atoms with Gasteiger partial charge in [0, 0.05) is 5.69 Å². The Kier molecular flexibility index (Phi) is 4.09. The van der Waals surface area contributed by atoms with Crippen LogP contribution in [0.4, 0.5) is 5.69 Å². The molecule has 2 heterocycles. The number of aryl methyl sites for hydroxylation is 1. The number of hydrogen-bond acceptors (Lipinski definition) is 7. The molecule has 0 amide bonds. The highest BCUT2D eigenvalue weighted by Crippen LogP contribution is 2.20. The molecular weight excluding hydrogens is 298 g/mol. The fourth-order valence-corrected chi connectivity index (χ4v) is 2.06. The Bertz CT molecular complexity index is 809. The highest BCUT2D eigenvalue weighted by atomic mass is 16.5. The molecule has 0 aliphatic rings. The van der Waals surface area contributed by atoms with Gasteiger partial charge in [0.1, 0.15) is 0 Å². The molecule has 3 aromatic rings. The van der Waals surface area contributed by atoms with Crippen LogP contribution >= 0.6 is 0 Å². The van der Waals surface area contributed by atoms with E-state index in [-0.39, 0.29) is 5.97 Å². The molecule has 0 aliphatic heterocycles. The zero-order chi connectivity index (χ0) is 16.2. The first-order chi connectivity index (χ1) is 11.2. The third-order valence-corrected chi connectivity index (χ3v) is 3.30. The first kappa shape index (κ1) is 14.8. The van der Waals surface area contributed by atoms with Gasteiger partial charge < -0.3 is 19.0 Å². The maximum absolute atomic E-state index is 11.6. The molecule has 0 aliphatic carbocycles. The first-order valence-corrected chi connectivity index (χ1v) is 6.96. The largest absolute Gasteiger partial charge is 0.465 e. The molecule has 1 N–H and O–H groups in total. The fourth-order valence-electron chi connectivity index (χ4n) is 2.06. The number of aromatic nitrogens is 2. The second-order valence-electron chi connectivity index (χ2n) is 4.86. The summed E-state index contributed by atoms with van der Waals surface area (Å²) in [5.41, 5.74) is 2.26. The topological polar surface area (TPSA) is 90.4 Å². The van der Waals surface area contributed by atoms with Gasteiger partial charge in [-0.15, -0.1) is 0 Å². The Morgan fingerprint density at radius 2 is 2.22 bits per heavy atom. The predicted octanol–water partition coefficient (Wildman–Crippen LogP) is 3.04. The van der Waals surface area contributed by atoms with Crippen molar-refractivity contribution in [2.24, 2.45) is 0 Å². The summed E-state index contributed by atoms with van der Waals surface area (Å²) in [5.74, 6) is 0.973. The van der Waals surface area contributed by atoms with E-state index in [1.807, 2.05) is 13.0 Å². The van der Waals surface area contributed by atoms with Gasteiger partial charge in [-0.05, 0) is 36.8 Å². The molecule has 0 unspecified atom stereocenters. The van der Waals surface area contributed by atoms with Gasteiger partial charge >= 0.3 is 5.97 Å². The number of nitrogens with one attached hydrogen (secondary N) is 1. The van der Waals surface area contributed by atoms with Crippen molar-refractivity contribution in [2.45, 2.75) is 13.5 Å². The number of anilines is 1. The van der Waals surface area contributed by atoms with Crippen LogP contribution in [0.2, 0.25) is 0 Å². The van der Waals surface area contributed by atoms with E-state index in [2.05, 4.69) is 15.5 Å². The van der Waals surface area contributed by atoms with Crippen LogP contribution in [0, 0.1) is 6.92 Å². The molecule has 23 heavy (non-hydrogen) atoms. The minimum absolute atomic E-state index is 0.333. The third-order valence-electron chi connectivity index (χ3n) is 3.30. The normalized spacial score (nSPS) is 10.5. The van der Waals surface area contributed by atoms with Gasteiger partial charge in [-0.1, -0.05) is 11.2 Å². The molecular formula is C16H15N3O4. The lowest BCUT2D eigenvalue weighted by Crippen LogP contribution is -2.05. The van der Waals surface area contributed by atoms with Crippen LogP contribution in [0.15, 0.2) is 45.5 Å². The van der Waals surface area contributed by atoms with E-state index < -0.39 is 0 Å². The summed E-state index contributed by atoms with van der Waals surface area (Å²) in [5, 5.41) is 7.03. The van der Waals surface area contributed by atoms with Crippen molar-refractivity contribution in [3.8, 4) is 11.6 Å². The standard InChI is InChI=1S/C16H15N3O4/c1-10-5-6-11(16(20)21-2)8-12(10)17-9-14-18-15(19-23-14)13-4-3-7-22-13/h3-8,17H,9H2,1-2H3. The van der Waals surface area contributed by atoms with E-state index in [1.165, 1.54) is 7.11 Å². The van der Waals surface area contributed by atoms with E-state index in [0.717, 1.165) is 11.3 Å². The van der Waals surface area contributed by atoms with Crippen LogP contribution in [0.3, 0.4) is 0 Å². The molecule has 0 bridgehead atoms. The van der Waals surface area contributed by atoms with Crippen LogP contribution < -0.4 is 5.32 Å². The Morgan fingerprint density at radius 3 is 2.96 bits per heavy atom. The molecule has 7 heteroatoms. The summed E-state index contributed by atoms with van der Waals surface area (Å²) in [6.07, 6.45) is 1.55. The molecule has 7 nitrogen and oxygen atoms in total. The first-order valence-electron chi connectivity index (χ1n) is 6.96. The van der Waals surface area contributed by atoms with Crippen molar-refractivity contribution in [1.82, 2.24) is 10.1 Å². The van der Waals surface area contributed by atoms with Gasteiger partial charge in [0.25, 0.3) is 0 Å². The second-order valence-corrected chi connectivity index (χ2v) is 4.86. The molecule has 1 aromatic carbocycles. The van der Waals surface area contributed by atoms with Crippen molar-refractivity contribution >= 4 is 11.7 Å². The smallest absolute Gasteiger partial charge is 0.337 e. The summed E-state index contributed by atoms with van der Waals surface area (Å²) in [6.45, 7) is 2.27. The Balaban J connectivity index is 1.72. The Labute approximate surface area is 132 Å². The quantitative estimate of drug-likeness (QED) is 0.724. The average molecular weight is 313 g/mol. The van der Waals surface area contributed by atoms with Crippen molar-refractivity contribution in [3.63, 3.8) is 0 Å². The van der Waals surface area contributed by atoms with Gasteiger partial charge in [-0.3, -0.25) is 0 Å². The number of nitrogens with zero attached hydrogens (tertiary/aromatic N) is 2. The Hall–Kier alpha value is -3.09. The Morgan fingerprint density at radius 1 is 1.35 bits per heavy atom. The second kappa shape index (κ2) is 6.35. The van der Waals surface area contributed by atoms with Crippen molar-refractivity contribution in [1.29, 1.82) is 0 Å². The summed E-state index contributed by atoms with van der Waals surface area (Å²) >= 11 is 0. The molecule has 0 radical (unpaired) electrons. The molecule has 0 atom stereocenters. The van der Waals surface area contributed by atoms with E-state index in [0.29, 0.717) is 29.6 Å². The van der Waals surface area contributed by atoms with Crippen LogP contribution in [0.25, 0.3) is 11.6 Å². The molecule has 2 aromatic heterocycles. The molecule has 0 spiro atoms. The number of carbonyl (C=O) groups excluding carboxylic acids is 1. The average Bonchev–Trinajstić information content (AvgIpc) is 3.24. The minimum Gasteiger partial charge on any atom is -0.465 e. The highest BCUT2D eigenvalue weighted by Gasteiger charge is 2.12. The van der Waals surface area contributed by atoms with Gasteiger partial charge in [0.15, 0.2) is 5.76 Å². The van der Waals surface area contributed by atoms with Gasteiger partial charge in [-0.2, -0.15) is 4.98 Å². The number of hydrogen-bond donors (Lipinski definition) is 1. The number of esters is 1. The summed E-state index contributed by atoms with van der Waals surface area (Å²) in [7, 11) is 1.35. The number of rotatable bonds is 5. The predicted molar refractivity (Wildman–Crippen MR) is 81.8 cm³/mol. The van der Waals surface area contributed by atoms with Crippen LogP contribution in [-0.2, 0) is 11.3 Å². The van der Waals surface area contributed by atoms with Crippen molar-refractivity contribution in [2.75, 3.05) is 12.4 Å². The third kappa shape index (κ3) is 3.23. The number of benzene rings is 1. The number of furan rings is 1. The number of ether oxygens (including phenoxy) is 1. The number of carbonyl (C=O) groups is 1. The van der Waals surface area contributed by atoms with Crippen LogP contribution in [0.1, 0.15) is 21.8 Å². The summed E-state index contributed by atoms with van der Waals surface area (Å²) < 4.78 is 15.1. The lowest BCUT2D eigenvalue weighted by molar-refractivity contribution is 0.0601. The molecule has 0 saturated carbocycles. The van der Waals surface area contributed by atoms with E-state index in [9.17, 15) is 4.79 Å². The lowest BCUT2D eigenvalue weighted by atomic mass is 10.1. The van der Waals surface area contributed by atoms with Crippen molar-refractivity contribution < 1.29 is 18.5 Å². The van der Waals surface area contributed by atoms with E-state index in [1.54, 1.807) is 30.5 Å². The molecule has 0 fully saturated rings. The van der Waals surface area contributed by atoms with Gasteiger partial charge in [-0.25, -0.2) is 4.79 Å². The SMILES string of the molecule is COC(=O)c1ccc(C)c(NCc2nc(-c3ccco3)no2)c1. The fraction of sp³-hybridized carbons (Fsp3) is 0.188. The van der Waals surface area contributed by atoms with Gasteiger partial charge in [0.2, 0.25) is 11.7 Å². The molecule has 3 rings (SSSR count). The van der Waals surface area contributed by atoms with Gasteiger partial charge in [0.05, 0.1) is 25.5 Å². The minimum atomic E-state index is -0.383. The lowest BCUT2D eigenvalue weighted by Gasteiger charge is -2.09. The maximum atomic E-state index is 11.6. The van der Waals surface area contributed by atoms with E-state index in [4.69, 9.17) is 13.7 Å². The molecule has 0 saturated heterocycles. The zero-order valence-electron chi connectivity index (χ0n) is 12.7. The van der Waals surface area contributed by atoms with Crippen LogP contribution in [0.5, 0.6) is 0 Å². The van der Waals surface area contributed by atoms with Crippen LogP contribution in [-0.4, -0.2) is 23.2 Å². The zero-order valence-corrected chi connectivity index (χ0v) is 12.7. The van der Waals surface area contributed by atoms with Crippen molar-refractivity contribution in [3.05, 3.63) is 53.6 Å². The molecule has 118 valence electrons. The monoisotopic (exact) mass is 313 g/mol. The van der Waals surface area contributed by atoms with E-state index >= 15 is 0 Å². The summed E-state index contributed by atoms with van der Waals surface area (Å²) in [4.78, 5) is 15.8. The maximum Gasteiger partial charge on any atom is 0.337 e. The summed E-state index contributed by atoms with van der Waals surface area (Å²) in [6, 6.07) is 8.80.